The molecule has 2 aliphatic rings. The van der Waals surface area contributed by atoms with Crippen LogP contribution in [0.15, 0.2) is 0 Å². The predicted molar refractivity (Wildman–Crippen MR) is 52.3 cm³/mol. The Balaban J connectivity index is 2.13. The Morgan fingerprint density at radius 1 is 1.43 bits per heavy atom. The Labute approximate surface area is 84.3 Å². The highest BCUT2D eigenvalue weighted by atomic mass is 32.2. The van der Waals surface area contributed by atoms with Gasteiger partial charge in [-0.2, -0.15) is 4.31 Å². The van der Waals surface area contributed by atoms with E-state index in [1.54, 1.807) is 0 Å². The molecular formula is C8H16N2O3S. The largest absolute Gasteiger partial charge is 0.378 e. The highest BCUT2D eigenvalue weighted by molar-refractivity contribution is 7.90. The molecule has 2 rings (SSSR count). The fourth-order valence-corrected chi connectivity index (χ4v) is 3.72. The van der Waals surface area contributed by atoms with Gasteiger partial charge in [-0.25, -0.2) is 8.42 Å². The average molecular weight is 220 g/mol. The minimum Gasteiger partial charge on any atom is -0.378 e. The van der Waals surface area contributed by atoms with Gasteiger partial charge in [0.05, 0.1) is 24.5 Å². The molecule has 0 aromatic rings. The monoisotopic (exact) mass is 220 g/mol. The third-order valence-corrected chi connectivity index (χ3v) is 5.17. The minimum atomic E-state index is -3.08. The SMILES string of the molecule is NCC1COCCN1S(=O)(=O)C1CC1. The van der Waals surface area contributed by atoms with Gasteiger partial charge in [-0.15, -0.1) is 0 Å². The van der Waals surface area contributed by atoms with Gasteiger partial charge in [-0.05, 0) is 12.8 Å². The first-order valence-electron chi connectivity index (χ1n) is 4.94. The van der Waals surface area contributed by atoms with Crippen LogP contribution in [0.1, 0.15) is 12.8 Å². The zero-order valence-electron chi connectivity index (χ0n) is 8.05. The third kappa shape index (κ3) is 1.79. The molecule has 0 aromatic carbocycles. The maximum Gasteiger partial charge on any atom is 0.217 e. The van der Waals surface area contributed by atoms with E-state index in [0.29, 0.717) is 26.3 Å². The number of sulfonamides is 1. The molecule has 2 fully saturated rings. The molecule has 0 aromatic heterocycles. The smallest absolute Gasteiger partial charge is 0.217 e. The summed E-state index contributed by atoms with van der Waals surface area (Å²) < 4.78 is 30.6. The highest BCUT2D eigenvalue weighted by Gasteiger charge is 2.43. The summed E-state index contributed by atoms with van der Waals surface area (Å²) in [5.74, 6) is 0. The zero-order chi connectivity index (χ0) is 10.2. The van der Waals surface area contributed by atoms with Gasteiger partial charge >= 0.3 is 0 Å². The lowest BCUT2D eigenvalue weighted by Gasteiger charge is -2.33. The summed E-state index contributed by atoms with van der Waals surface area (Å²) in [6.45, 7) is 1.72. The number of nitrogens with two attached hydrogens (primary N) is 1. The minimum absolute atomic E-state index is 0.144. The summed E-state index contributed by atoms with van der Waals surface area (Å²) in [5.41, 5.74) is 5.52. The highest BCUT2D eigenvalue weighted by Crippen LogP contribution is 2.32. The lowest BCUT2D eigenvalue weighted by atomic mass is 10.3. The molecule has 6 heteroatoms. The van der Waals surface area contributed by atoms with Crippen LogP contribution in [0.5, 0.6) is 0 Å². The fourth-order valence-electron chi connectivity index (χ4n) is 1.72. The van der Waals surface area contributed by atoms with Crippen LogP contribution in [0, 0.1) is 0 Å². The molecule has 1 heterocycles. The second-order valence-electron chi connectivity index (χ2n) is 3.82. The molecule has 0 amide bonds. The number of hydrogen-bond donors (Lipinski definition) is 1. The van der Waals surface area contributed by atoms with E-state index in [1.165, 1.54) is 4.31 Å². The molecule has 5 nitrogen and oxygen atoms in total. The van der Waals surface area contributed by atoms with Crippen molar-refractivity contribution < 1.29 is 13.2 Å². The Bertz CT molecular complexity index is 300. The predicted octanol–water partition coefficient (Wildman–Crippen LogP) is -0.862. The molecule has 1 saturated carbocycles. The molecular weight excluding hydrogens is 204 g/mol. The van der Waals surface area contributed by atoms with E-state index in [2.05, 4.69) is 0 Å². The van der Waals surface area contributed by atoms with E-state index in [4.69, 9.17) is 10.5 Å². The van der Waals surface area contributed by atoms with Crippen LogP contribution >= 0.6 is 0 Å². The van der Waals surface area contributed by atoms with E-state index < -0.39 is 10.0 Å². The second-order valence-corrected chi connectivity index (χ2v) is 5.99. The molecule has 1 unspecified atom stereocenters. The van der Waals surface area contributed by atoms with Crippen LogP contribution < -0.4 is 5.73 Å². The van der Waals surface area contributed by atoms with Gasteiger partial charge in [0, 0.05) is 13.1 Å². The van der Waals surface area contributed by atoms with Crippen molar-refractivity contribution in [1.29, 1.82) is 0 Å². The van der Waals surface area contributed by atoms with Crippen LogP contribution in [-0.4, -0.2) is 50.3 Å². The summed E-state index contributed by atoms with van der Waals surface area (Å²) in [4.78, 5) is 0. The summed E-state index contributed by atoms with van der Waals surface area (Å²) in [6, 6.07) is -0.158. The molecule has 82 valence electrons. The Kier molecular flexibility index (Phi) is 2.79. The van der Waals surface area contributed by atoms with Crippen molar-refractivity contribution in [2.45, 2.75) is 24.1 Å². The van der Waals surface area contributed by atoms with Crippen molar-refractivity contribution in [3.63, 3.8) is 0 Å². The molecule has 2 N–H and O–H groups in total. The molecule has 0 radical (unpaired) electrons. The summed E-state index contributed by atoms with van der Waals surface area (Å²) in [6.07, 6.45) is 1.61. The van der Waals surface area contributed by atoms with Gasteiger partial charge in [0.1, 0.15) is 0 Å². The van der Waals surface area contributed by atoms with Gasteiger partial charge in [0.15, 0.2) is 0 Å². The number of morpholine rings is 1. The van der Waals surface area contributed by atoms with Crippen LogP contribution in [0.2, 0.25) is 0 Å². The van der Waals surface area contributed by atoms with Gasteiger partial charge in [0.25, 0.3) is 0 Å². The first-order valence-corrected chi connectivity index (χ1v) is 6.45. The Hall–Kier alpha value is -0.170. The Morgan fingerprint density at radius 3 is 2.71 bits per heavy atom. The van der Waals surface area contributed by atoms with Crippen molar-refractivity contribution in [2.24, 2.45) is 5.73 Å². The van der Waals surface area contributed by atoms with E-state index in [1.807, 2.05) is 0 Å². The van der Waals surface area contributed by atoms with Crippen LogP contribution in [0.25, 0.3) is 0 Å². The molecule has 14 heavy (non-hydrogen) atoms. The summed E-state index contributed by atoms with van der Waals surface area (Å²) in [5, 5.41) is -0.144. The Morgan fingerprint density at radius 2 is 2.14 bits per heavy atom. The maximum absolute atomic E-state index is 11.9. The van der Waals surface area contributed by atoms with Crippen molar-refractivity contribution in [2.75, 3.05) is 26.3 Å². The molecule has 0 bridgehead atoms. The van der Waals surface area contributed by atoms with Crippen molar-refractivity contribution in [1.82, 2.24) is 4.31 Å². The zero-order valence-corrected chi connectivity index (χ0v) is 8.87. The first kappa shape index (κ1) is 10.4. The van der Waals surface area contributed by atoms with Crippen molar-refractivity contribution >= 4 is 10.0 Å². The maximum atomic E-state index is 11.9. The number of hydrogen-bond acceptors (Lipinski definition) is 4. The summed E-state index contributed by atoms with van der Waals surface area (Å²) in [7, 11) is -3.08. The van der Waals surface area contributed by atoms with Crippen LogP contribution in [0.3, 0.4) is 0 Å². The molecule has 1 aliphatic heterocycles. The van der Waals surface area contributed by atoms with Crippen molar-refractivity contribution in [3.05, 3.63) is 0 Å². The first-order chi connectivity index (χ1) is 6.66. The van der Waals surface area contributed by atoms with Crippen LogP contribution in [-0.2, 0) is 14.8 Å². The van der Waals surface area contributed by atoms with Crippen molar-refractivity contribution in [3.8, 4) is 0 Å². The normalized spacial score (nSPS) is 30.5. The molecule has 1 atom stereocenters. The summed E-state index contributed by atoms with van der Waals surface area (Å²) >= 11 is 0. The number of rotatable bonds is 3. The molecule has 1 saturated heterocycles. The second kappa shape index (κ2) is 3.77. The van der Waals surface area contributed by atoms with E-state index in [9.17, 15) is 8.42 Å². The number of nitrogens with zero attached hydrogens (tertiary/aromatic N) is 1. The topological polar surface area (TPSA) is 72.6 Å². The van der Waals surface area contributed by atoms with Gasteiger partial charge in [-0.1, -0.05) is 0 Å². The number of ether oxygens (including phenoxy) is 1. The standard InChI is InChI=1S/C8H16N2O3S/c9-5-7-6-13-4-3-10(7)14(11,12)8-1-2-8/h7-8H,1-6,9H2. The quantitative estimate of drug-likeness (QED) is 0.671. The van der Waals surface area contributed by atoms with E-state index >= 15 is 0 Å². The van der Waals surface area contributed by atoms with Gasteiger partial charge in [-0.3, -0.25) is 0 Å². The fraction of sp³-hybridized carbons (Fsp3) is 1.00. The molecule has 0 spiro atoms. The lowest BCUT2D eigenvalue weighted by Crippen LogP contribution is -2.52. The van der Waals surface area contributed by atoms with Gasteiger partial charge < -0.3 is 10.5 Å². The lowest BCUT2D eigenvalue weighted by molar-refractivity contribution is 0.0357. The van der Waals surface area contributed by atoms with E-state index in [-0.39, 0.29) is 11.3 Å². The molecule has 1 aliphatic carbocycles. The van der Waals surface area contributed by atoms with Gasteiger partial charge in [0.2, 0.25) is 10.0 Å². The third-order valence-electron chi connectivity index (χ3n) is 2.72. The average Bonchev–Trinajstić information content (AvgIpc) is 3.01. The van der Waals surface area contributed by atoms with E-state index in [0.717, 1.165) is 12.8 Å². The van der Waals surface area contributed by atoms with Crippen LogP contribution in [0.4, 0.5) is 0 Å².